The highest BCUT2D eigenvalue weighted by atomic mass is 32.2. The van der Waals surface area contributed by atoms with Gasteiger partial charge in [0.1, 0.15) is 0 Å². The SMILES string of the molecule is CCC1(C(=O)O)CCCN(C(=O)NCC2(SC)CCC2)C1. The maximum atomic E-state index is 12.3. The van der Waals surface area contributed by atoms with E-state index in [9.17, 15) is 14.7 Å². The maximum absolute atomic E-state index is 12.3. The molecule has 21 heavy (non-hydrogen) atoms. The van der Waals surface area contributed by atoms with Crippen molar-refractivity contribution < 1.29 is 14.7 Å². The number of likely N-dealkylation sites (tertiary alicyclic amines) is 1. The second kappa shape index (κ2) is 6.46. The number of thioether (sulfide) groups is 1. The van der Waals surface area contributed by atoms with Crippen LogP contribution >= 0.6 is 11.8 Å². The number of carboxylic acid groups (broad SMARTS) is 1. The summed E-state index contributed by atoms with van der Waals surface area (Å²) in [6.45, 7) is 3.58. The molecule has 2 N–H and O–H groups in total. The van der Waals surface area contributed by atoms with Gasteiger partial charge in [-0.1, -0.05) is 13.3 Å². The number of carbonyl (C=O) groups is 2. The molecule has 1 saturated carbocycles. The van der Waals surface area contributed by atoms with Gasteiger partial charge in [-0.2, -0.15) is 11.8 Å². The zero-order chi connectivity index (χ0) is 15.5. The van der Waals surface area contributed by atoms with Gasteiger partial charge in [0, 0.05) is 24.4 Å². The number of hydrogen-bond donors (Lipinski definition) is 2. The van der Waals surface area contributed by atoms with E-state index in [1.165, 1.54) is 6.42 Å². The molecule has 6 heteroatoms. The molecule has 0 aromatic rings. The summed E-state index contributed by atoms with van der Waals surface area (Å²) in [7, 11) is 0. The lowest BCUT2D eigenvalue weighted by atomic mass is 9.78. The monoisotopic (exact) mass is 314 g/mol. The average Bonchev–Trinajstić information content (AvgIpc) is 2.46. The molecule has 1 unspecified atom stereocenters. The van der Waals surface area contributed by atoms with E-state index in [1.807, 2.05) is 18.7 Å². The Labute approximate surface area is 130 Å². The molecule has 120 valence electrons. The van der Waals surface area contributed by atoms with Crippen LogP contribution in [0.5, 0.6) is 0 Å². The van der Waals surface area contributed by atoms with Gasteiger partial charge in [0.05, 0.1) is 5.41 Å². The van der Waals surface area contributed by atoms with Crippen LogP contribution in [0.25, 0.3) is 0 Å². The Balaban J connectivity index is 1.91. The molecule has 0 radical (unpaired) electrons. The van der Waals surface area contributed by atoms with Gasteiger partial charge in [0.2, 0.25) is 0 Å². The van der Waals surface area contributed by atoms with Crippen molar-refractivity contribution in [3.05, 3.63) is 0 Å². The lowest BCUT2D eigenvalue weighted by molar-refractivity contribution is -0.152. The number of piperidine rings is 1. The van der Waals surface area contributed by atoms with E-state index in [0.717, 1.165) is 19.3 Å². The van der Waals surface area contributed by atoms with Crippen LogP contribution in [0.15, 0.2) is 0 Å². The molecule has 1 atom stereocenters. The van der Waals surface area contributed by atoms with Gasteiger partial charge >= 0.3 is 12.0 Å². The highest BCUT2D eigenvalue weighted by Crippen LogP contribution is 2.42. The lowest BCUT2D eigenvalue weighted by Gasteiger charge is -2.42. The number of nitrogens with one attached hydrogen (secondary N) is 1. The van der Waals surface area contributed by atoms with Crippen LogP contribution in [-0.2, 0) is 4.79 Å². The van der Waals surface area contributed by atoms with E-state index in [2.05, 4.69) is 11.6 Å². The summed E-state index contributed by atoms with van der Waals surface area (Å²) in [5.41, 5.74) is -0.761. The highest BCUT2D eigenvalue weighted by molar-refractivity contribution is 8.00. The predicted molar refractivity (Wildman–Crippen MR) is 84.7 cm³/mol. The van der Waals surface area contributed by atoms with Crippen LogP contribution in [0.3, 0.4) is 0 Å². The molecule has 0 aromatic heterocycles. The van der Waals surface area contributed by atoms with Gasteiger partial charge in [-0.15, -0.1) is 0 Å². The number of carboxylic acids is 1. The lowest BCUT2D eigenvalue weighted by Crippen LogP contribution is -2.54. The molecule has 2 fully saturated rings. The second-order valence-electron chi connectivity index (χ2n) is 6.36. The maximum Gasteiger partial charge on any atom is 0.317 e. The molecule has 0 aromatic carbocycles. The van der Waals surface area contributed by atoms with Crippen molar-refractivity contribution in [2.45, 2.75) is 50.2 Å². The fourth-order valence-corrected chi connectivity index (χ4v) is 4.21. The van der Waals surface area contributed by atoms with E-state index in [-0.39, 0.29) is 10.8 Å². The standard InChI is InChI=1S/C15H26N2O3S/c1-3-14(12(18)19)6-5-9-17(11-14)13(20)16-10-15(21-2)7-4-8-15/h3-11H2,1-2H3,(H,16,20)(H,18,19). The Morgan fingerprint density at radius 1 is 1.29 bits per heavy atom. The molecule has 2 aliphatic rings. The van der Waals surface area contributed by atoms with Crippen LogP contribution in [0.1, 0.15) is 45.4 Å². The summed E-state index contributed by atoms with van der Waals surface area (Å²) in [6, 6.07) is -0.103. The van der Waals surface area contributed by atoms with Crippen LogP contribution in [0, 0.1) is 5.41 Å². The summed E-state index contributed by atoms with van der Waals surface area (Å²) in [6.07, 6.45) is 7.64. The van der Waals surface area contributed by atoms with Crippen LogP contribution in [0.2, 0.25) is 0 Å². The number of carbonyl (C=O) groups excluding carboxylic acids is 1. The zero-order valence-electron chi connectivity index (χ0n) is 13.0. The molecule has 1 aliphatic heterocycles. The van der Waals surface area contributed by atoms with Crippen molar-refractivity contribution >= 4 is 23.8 Å². The van der Waals surface area contributed by atoms with E-state index < -0.39 is 11.4 Å². The Hall–Kier alpha value is -0.910. The molecular weight excluding hydrogens is 288 g/mol. The van der Waals surface area contributed by atoms with Crippen molar-refractivity contribution in [3.8, 4) is 0 Å². The molecule has 1 saturated heterocycles. The molecule has 0 bridgehead atoms. The van der Waals surface area contributed by atoms with Gasteiger partial charge < -0.3 is 15.3 Å². The Kier molecular flexibility index (Phi) is 5.07. The summed E-state index contributed by atoms with van der Waals surface area (Å²) in [5.74, 6) is -0.776. The van der Waals surface area contributed by atoms with Crippen molar-refractivity contribution in [2.75, 3.05) is 25.9 Å². The molecule has 1 aliphatic carbocycles. The Morgan fingerprint density at radius 2 is 2.00 bits per heavy atom. The minimum Gasteiger partial charge on any atom is -0.481 e. The largest absolute Gasteiger partial charge is 0.481 e. The van der Waals surface area contributed by atoms with E-state index >= 15 is 0 Å². The van der Waals surface area contributed by atoms with Crippen molar-refractivity contribution in [1.29, 1.82) is 0 Å². The van der Waals surface area contributed by atoms with Crippen molar-refractivity contribution in [2.24, 2.45) is 5.41 Å². The normalized spacial score (nSPS) is 27.8. The first kappa shape index (κ1) is 16.5. The first-order chi connectivity index (χ1) is 9.97. The number of rotatable bonds is 5. The number of aliphatic carboxylic acids is 1. The minimum absolute atomic E-state index is 0.103. The molecule has 1 heterocycles. The number of urea groups is 1. The Bertz CT molecular complexity index is 406. The van der Waals surface area contributed by atoms with Crippen LogP contribution < -0.4 is 5.32 Å². The molecule has 2 amide bonds. The zero-order valence-corrected chi connectivity index (χ0v) is 13.8. The second-order valence-corrected chi connectivity index (χ2v) is 7.64. The van der Waals surface area contributed by atoms with Crippen LogP contribution in [0.4, 0.5) is 4.79 Å². The van der Waals surface area contributed by atoms with Crippen LogP contribution in [-0.4, -0.2) is 52.6 Å². The summed E-state index contributed by atoms with van der Waals surface area (Å²) < 4.78 is 0.208. The van der Waals surface area contributed by atoms with Gasteiger partial charge in [0.25, 0.3) is 0 Å². The first-order valence-electron chi connectivity index (χ1n) is 7.78. The Morgan fingerprint density at radius 3 is 2.48 bits per heavy atom. The fourth-order valence-electron chi connectivity index (χ4n) is 3.29. The van der Waals surface area contributed by atoms with Crippen molar-refractivity contribution in [3.63, 3.8) is 0 Å². The van der Waals surface area contributed by atoms with Gasteiger partial charge in [-0.3, -0.25) is 4.79 Å². The van der Waals surface area contributed by atoms with Crippen molar-refractivity contribution in [1.82, 2.24) is 10.2 Å². The van der Waals surface area contributed by atoms with Gasteiger partial charge in [-0.05, 0) is 38.4 Å². The quantitative estimate of drug-likeness (QED) is 0.818. The van der Waals surface area contributed by atoms with E-state index in [4.69, 9.17) is 0 Å². The topological polar surface area (TPSA) is 69.6 Å². The predicted octanol–water partition coefficient (Wildman–Crippen LogP) is 2.56. The third-order valence-corrected chi connectivity index (χ3v) is 6.67. The molecule has 5 nitrogen and oxygen atoms in total. The third-order valence-electron chi connectivity index (χ3n) is 5.25. The summed E-state index contributed by atoms with van der Waals surface area (Å²) in [4.78, 5) is 25.6. The van der Waals surface area contributed by atoms with Gasteiger partial charge in [0.15, 0.2) is 0 Å². The number of nitrogens with zero attached hydrogens (tertiary/aromatic N) is 1. The highest BCUT2D eigenvalue weighted by Gasteiger charge is 2.43. The van der Waals surface area contributed by atoms with Gasteiger partial charge in [-0.25, -0.2) is 4.79 Å². The molecule has 0 spiro atoms. The smallest absolute Gasteiger partial charge is 0.317 e. The third kappa shape index (κ3) is 3.30. The average molecular weight is 314 g/mol. The summed E-state index contributed by atoms with van der Waals surface area (Å²) in [5, 5.41) is 12.5. The van der Waals surface area contributed by atoms with E-state index in [0.29, 0.717) is 32.5 Å². The van der Waals surface area contributed by atoms with E-state index in [1.54, 1.807) is 4.90 Å². The number of hydrogen-bond acceptors (Lipinski definition) is 3. The summed E-state index contributed by atoms with van der Waals surface area (Å²) >= 11 is 1.83. The fraction of sp³-hybridized carbons (Fsp3) is 0.867. The minimum atomic E-state index is -0.776. The molecule has 2 rings (SSSR count). The molecular formula is C15H26N2O3S. The first-order valence-corrected chi connectivity index (χ1v) is 9.01. The number of amides is 2.